The van der Waals surface area contributed by atoms with Crippen molar-refractivity contribution < 1.29 is 4.79 Å². The van der Waals surface area contributed by atoms with E-state index in [0.717, 1.165) is 37.3 Å². The van der Waals surface area contributed by atoms with Crippen LogP contribution in [-0.4, -0.2) is 42.0 Å². The van der Waals surface area contributed by atoms with E-state index in [9.17, 15) is 4.79 Å². The highest BCUT2D eigenvalue weighted by molar-refractivity contribution is 5.85. The molecule has 0 aromatic carbocycles. The summed E-state index contributed by atoms with van der Waals surface area (Å²) in [5.74, 6) is 0.658. The number of rotatable bonds is 6. The Kier molecular flexibility index (Phi) is 6.72. The zero-order valence-electron chi connectivity index (χ0n) is 15.4. The van der Waals surface area contributed by atoms with E-state index in [1.165, 1.54) is 12.0 Å². The van der Waals surface area contributed by atoms with Crippen LogP contribution < -0.4 is 10.6 Å². The fourth-order valence-corrected chi connectivity index (χ4v) is 3.16. The maximum Gasteiger partial charge on any atom is 0.220 e. The van der Waals surface area contributed by atoms with Crippen molar-refractivity contribution in [2.75, 3.05) is 6.54 Å². The van der Waals surface area contributed by atoms with Crippen LogP contribution in [0.15, 0.2) is 37.1 Å². The first-order valence-electron chi connectivity index (χ1n) is 9.11. The van der Waals surface area contributed by atoms with Crippen molar-refractivity contribution >= 4 is 18.3 Å². The number of aromatic nitrogens is 6. The Morgan fingerprint density at radius 1 is 1.36 bits per heavy atom. The summed E-state index contributed by atoms with van der Waals surface area (Å²) in [6, 6.07) is 5.85. The number of hydrogen-bond acceptors (Lipinski definition) is 6. The lowest BCUT2D eigenvalue weighted by atomic mass is 10.2. The molecule has 0 radical (unpaired) electrons. The number of amides is 1. The van der Waals surface area contributed by atoms with E-state index in [1.54, 1.807) is 17.2 Å². The second-order valence-electron chi connectivity index (χ2n) is 6.48. The van der Waals surface area contributed by atoms with Crippen molar-refractivity contribution in [3.8, 4) is 5.82 Å². The van der Waals surface area contributed by atoms with Gasteiger partial charge < -0.3 is 10.6 Å². The van der Waals surface area contributed by atoms with Gasteiger partial charge in [-0.15, -0.1) is 12.4 Å². The summed E-state index contributed by atoms with van der Waals surface area (Å²) < 4.78 is 3.64. The van der Waals surface area contributed by atoms with E-state index in [1.807, 2.05) is 16.8 Å². The summed E-state index contributed by atoms with van der Waals surface area (Å²) in [7, 11) is 0. The molecule has 0 atom stereocenters. The Balaban J connectivity index is 0.00000225. The van der Waals surface area contributed by atoms with Crippen LogP contribution in [0.2, 0.25) is 0 Å². The number of fused-ring (bicyclic) bond motifs is 1. The fourth-order valence-electron chi connectivity index (χ4n) is 3.16. The van der Waals surface area contributed by atoms with Crippen LogP contribution >= 0.6 is 12.4 Å². The molecule has 3 aromatic heterocycles. The molecule has 0 aliphatic carbocycles. The smallest absolute Gasteiger partial charge is 0.220 e. The van der Waals surface area contributed by atoms with Gasteiger partial charge in [0, 0.05) is 44.2 Å². The lowest BCUT2D eigenvalue weighted by molar-refractivity contribution is -0.121. The number of nitrogens with one attached hydrogen (secondary N) is 2. The number of nitrogens with zero attached hydrogens (tertiary/aromatic N) is 6. The van der Waals surface area contributed by atoms with Gasteiger partial charge in [0.25, 0.3) is 0 Å². The summed E-state index contributed by atoms with van der Waals surface area (Å²) in [5.41, 5.74) is 3.04. The van der Waals surface area contributed by atoms with E-state index in [4.69, 9.17) is 0 Å². The topological polar surface area (TPSA) is 103 Å². The fraction of sp³-hybridized carbons (Fsp3) is 0.389. The van der Waals surface area contributed by atoms with Gasteiger partial charge in [-0.25, -0.2) is 14.6 Å². The van der Waals surface area contributed by atoms with Gasteiger partial charge in [0.1, 0.15) is 12.7 Å². The number of aryl methyl sites for hydroxylation is 2. The molecular formula is C18H23ClN8O. The van der Waals surface area contributed by atoms with Crippen molar-refractivity contribution in [1.29, 1.82) is 0 Å². The van der Waals surface area contributed by atoms with Gasteiger partial charge in [-0.2, -0.15) is 10.2 Å². The molecule has 0 spiro atoms. The third-order valence-corrected chi connectivity index (χ3v) is 4.53. The number of carbonyl (C=O) groups excluding carboxylic acids is 1. The van der Waals surface area contributed by atoms with Crippen molar-refractivity contribution in [1.82, 2.24) is 40.2 Å². The number of pyridine rings is 1. The van der Waals surface area contributed by atoms with E-state index < -0.39 is 0 Å². The lowest BCUT2D eigenvalue weighted by Gasteiger charge is -2.09. The molecule has 0 saturated carbocycles. The molecular weight excluding hydrogens is 380 g/mol. The molecule has 0 fully saturated rings. The van der Waals surface area contributed by atoms with Gasteiger partial charge >= 0.3 is 0 Å². The zero-order valence-corrected chi connectivity index (χ0v) is 16.2. The van der Waals surface area contributed by atoms with Crippen molar-refractivity contribution in [3.63, 3.8) is 0 Å². The molecule has 0 saturated heterocycles. The average molecular weight is 403 g/mol. The predicted octanol–water partition coefficient (Wildman–Crippen LogP) is 1.02. The zero-order chi connectivity index (χ0) is 18.5. The maximum absolute atomic E-state index is 12.3. The lowest BCUT2D eigenvalue weighted by Crippen LogP contribution is -2.24. The molecule has 28 heavy (non-hydrogen) atoms. The van der Waals surface area contributed by atoms with Gasteiger partial charge in [-0.1, -0.05) is 6.07 Å². The highest BCUT2D eigenvalue weighted by Gasteiger charge is 2.12. The van der Waals surface area contributed by atoms with Crippen LogP contribution in [0.25, 0.3) is 5.82 Å². The second kappa shape index (κ2) is 9.43. The number of halogens is 1. The first-order valence-corrected chi connectivity index (χ1v) is 9.11. The molecule has 9 nitrogen and oxygen atoms in total. The first-order chi connectivity index (χ1) is 13.3. The van der Waals surface area contributed by atoms with Crippen molar-refractivity contribution in [2.45, 2.75) is 38.9 Å². The minimum absolute atomic E-state index is 0. The third kappa shape index (κ3) is 4.73. The van der Waals surface area contributed by atoms with E-state index in [2.05, 4.69) is 36.9 Å². The Morgan fingerprint density at radius 3 is 3.14 bits per heavy atom. The summed E-state index contributed by atoms with van der Waals surface area (Å²) in [4.78, 5) is 20.5. The minimum atomic E-state index is -0.00953. The van der Waals surface area contributed by atoms with Gasteiger partial charge in [-0.3, -0.25) is 9.48 Å². The summed E-state index contributed by atoms with van der Waals surface area (Å²) in [5, 5.41) is 15.1. The summed E-state index contributed by atoms with van der Waals surface area (Å²) in [6.07, 6.45) is 6.86. The standard InChI is InChI=1S/C18H22N8O.ClH/c27-17(5-4-15-9-16-11-19-6-2-8-25(16)24-15)22-10-14-3-1-7-21-18(14)26-13-20-12-23-26;/h1,3,7,9,12-13,19H,2,4-6,8,10-11H2,(H,22,27);1H. The Morgan fingerprint density at radius 2 is 2.29 bits per heavy atom. The van der Waals surface area contributed by atoms with Gasteiger partial charge in [0.15, 0.2) is 5.82 Å². The molecule has 10 heteroatoms. The van der Waals surface area contributed by atoms with Gasteiger partial charge in [0.2, 0.25) is 5.91 Å². The Labute approximate surface area is 169 Å². The summed E-state index contributed by atoms with van der Waals surface area (Å²) >= 11 is 0. The molecule has 1 aliphatic rings. The maximum atomic E-state index is 12.3. The first kappa shape index (κ1) is 20.0. The quantitative estimate of drug-likeness (QED) is 0.638. The van der Waals surface area contributed by atoms with E-state index >= 15 is 0 Å². The predicted molar refractivity (Wildman–Crippen MR) is 105 cm³/mol. The van der Waals surface area contributed by atoms with E-state index in [-0.39, 0.29) is 18.3 Å². The third-order valence-electron chi connectivity index (χ3n) is 4.53. The molecule has 2 N–H and O–H groups in total. The molecule has 0 bridgehead atoms. The van der Waals surface area contributed by atoms with Crippen molar-refractivity contribution in [2.24, 2.45) is 0 Å². The van der Waals surface area contributed by atoms with E-state index in [0.29, 0.717) is 25.2 Å². The Bertz CT molecular complexity index is 885. The monoisotopic (exact) mass is 402 g/mol. The van der Waals surface area contributed by atoms with Crippen LogP contribution in [0, 0.1) is 0 Å². The normalized spacial score (nSPS) is 13.3. The van der Waals surface area contributed by atoms with Crippen LogP contribution in [0.5, 0.6) is 0 Å². The molecule has 4 heterocycles. The molecule has 148 valence electrons. The number of carbonyl (C=O) groups is 1. The molecule has 1 aliphatic heterocycles. The number of hydrogen-bond donors (Lipinski definition) is 2. The Hall–Kier alpha value is -2.78. The van der Waals surface area contributed by atoms with Crippen LogP contribution in [0.1, 0.15) is 29.8 Å². The summed E-state index contributed by atoms with van der Waals surface area (Å²) in [6.45, 7) is 3.18. The van der Waals surface area contributed by atoms with Gasteiger partial charge in [0.05, 0.1) is 11.4 Å². The molecule has 3 aromatic rings. The molecule has 1 amide bonds. The highest BCUT2D eigenvalue weighted by atomic mass is 35.5. The minimum Gasteiger partial charge on any atom is -0.352 e. The largest absolute Gasteiger partial charge is 0.352 e. The SMILES string of the molecule is Cl.O=C(CCc1cc2n(n1)CCCNC2)NCc1cccnc1-n1cncn1. The van der Waals surface area contributed by atoms with Crippen LogP contribution in [-0.2, 0) is 30.8 Å². The second-order valence-corrected chi connectivity index (χ2v) is 6.48. The average Bonchev–Trinajstić information content (AvgIpc) is 3.31. The van der Waals surface area contributed by atoms with Crippen LogP contribution in [0.4, 0.5) is 0 Å². The van der Waals surface area contributed by atoms with Crippen molar-refractivity contribution in [3.05, 3.63) is 54.0 Å². The highest BCUT2D eigenvalue weighted by Crippen LogP contribution is 2.11. The van der Waals surface area contributed by atoms with Crippen LogP contribution in [0.3, 0.4) is 0 Å². The van der Waals surface area contributed by atoms with Gasteiger partial charge in [-0.05, 0) is 25.1 Å². The molecule has 0 unspecified atom stereocenters. The molecule has 4 rings (SSSR count).